The summed E-state index contributed by atoms with van der Waals surface area (Å²) in [5, 5.41) is 16.1. The lowest BCUT2D eigenvalue weighted by Gasteiger charge is -2.25. The highest BCUT2D eigenvalue weighted by Gasteiger charge is 2.22. The van der Waals surface area contributed by atoms with Crippen molar-refractivity contribution in [2.24, 2.45) is 5.92 Å². The van der Waals surface area contributed by atoms with Crippen molar-refractivity contribution in [3.63, 3.8) is 0 Å². The molecule has 1 fully saturated rings. The van der Waals surface area contributed by atoms with Gasteiger partial charge in [-0.1, -0.05) is 0 Å². The molecule has 1 saturated heterocycles. The van der Waals surface area contributed by atoms with E-state index in [0.717, 1.165) is 25.9 Å². The molecular weight excluding hydrogens is 232 g/mol. The van der Waals surface area contributed by atoms with E-state index in [1.165, 1.54) is 0 Å². The number of amides is 1. The van der Waals surface area contributed by atoms with E-state index in [4.69, 9.17) is 4.74 Å². The number of methoxy groups -OCH3 is 1. The molecule has 0 aliphatic carbocycles. The van der Waals surface area contributed by atoms with Crippen LogP contribution in [0.25, 0.3) is 0 Å². The van der Waals surface area contributed by atoms with Crippen molar-refractivity contribution in [3.05, 3.63) is 0 Å². The molecule has 1 aliphatic heterocycles. The topological polar surface area (TPSA) is 70.6 Å². The first kappa shape index (κ1) is 15.4. The minimum atomic E-state index is -0.889. The van der Waals surface area contributed by atoms with Crippen LogP contribution in [0.2, 0.25) is 0 Å². The van der Waals surface area contributed by atoms with E-state index < -0.39 is 5.60 Å². The third kappa shape index (κ3) is 6.33. The Labute approximate surface area is 109 Å². The highest BCUT2D eigenvalue weighted by atomic mass is 16.5. The lowest BCUT2D eigenvalue weighted by Crippen LogP contribution is -2.42. The van der Waals surface area contributed by atoms with Gasteiger partial charge >= 0.3 is 0 Å². The fraction of sp³-hybridized carbons (Fsp3) is 0.923. The zero-order chi connectivity index (χ0) is 13.4. The number of hydrogen-bond donors (Lipinski definition) is 3. The molecule has 1 heterocycles. The minimum absolute atomic E-state index is 0.0413. The first-order valence-electron chi connectivity index (χ1n) is 6.72. The standard InChI is InChI=1S/C13H26N2O3/c1-13(17,5-8-18-2)10-15-12(16)9-11-3-6-14-7-4-11/h11,14,17H,3-10H2,1-2H3,(H,15,16). The predicted molar refractivity (Wildman–Crippen MR) is 70.3 cm³/mol. The average Bonchev–Trinajstić information content (AvgIpc) is 2.36. The molecule has 0 saturated carbocycles. The molecule has 0 radical (unpaired) electrons. The van der Waals surface area contributed by atoms with Crippen LogP contribution in [0, 0.1) is 5.92 Å². The van der Waals surface area contributed by atoms with E-state index in [1.807, 2.05) is 0 Å². The zero-order valence-electron chi connectivity index (χ0n) is 11.5. The SMILES string of the molecule is COCCC(C)(O)CNC(=O)CC1CCNCC1. The maximum atomic E-state index is 11.8. The zero-order valence-corrected chi connectivity index (χ0v) is 11.5. The summed E-state index contributed by atoms with van der Waals surface area (Å²) < 4.78 is 4.93. The van der Waals surface area contributed by atoms with Crippen molar-refractivity contribution in [2.45, 2.75) is 38.2 Å². The highest BCUT2D eigenvalue weighted by Crippen LogP contribution is 2.15. The van der Waals surface area contributed by atoms with Crippen LogP contribution in [0.1, 0.15) is 32.6 Å². The first-order valence-corrected chi connectivity index (χ1v) is 6.72. The first-order chi connectivity index (χ1) is 8.53. The Balaban J connectivity index is 2.19. The van der Waals surface area contributed by atoms with Gasteiger partial charge in [-0.05, 0) is 38.8 Å². The number of piperidine rings is 1. The summed E-state index contributed by atoms with van der Waals surface area (Å²) in [7, 11) is 1.60. The van der Waals surface area contributed by atoms with E-state index in [0.29, 0.717) is 31.9 Å². The molecule has 0 aromatic heterocycles. The van der Waals surface area contributed by atoms with Gasteiger partial charge in [0.1, 0.15) is 0 Å². The molecule has 106 valence electrons. The molecule has 5 heteroatoms. The van der Waals surface area contributed by atoms with Crippen molar-refractivity contribution in [1.82, 2.24) is 10.6 Å². The van der Waals surface area contributed by atoms with Gasteiger partial charge in [0.05, 0.1) is 5.60 Å². The smallest absolute Gasteiger partial charge is 0.220 e. The molecular formula is C13H26N2O3. The fourth-order valence-corrected chi connectivity index (χ4v) is 2.12. The Kier molecular flexibility index (Phi) is 6.60. The maximum Gasteiger partial charge on any atom is 0.220 e. The van der Waals surface area contributed by atoms with Gasteiger partial charge in [-0.2, -0.15) is 0 Å². The van der Waals surface area contributed by atoms with Gasteiger partial charge < -0.3 is 20.5 Å². The lowest BCUT2D eigenvalue weighted by atomic mass is 9.94. The van der Waals surface area contributed by atoms with Crippen molar-refractivity contribution >= 4 is 5.91 Å². The van der Waals surface area contributed by atoms with Gasteiger partial charge in [-0.15, -0.1) is 0 Å². The molecule has 5 nitrogen and oxygen atoms in total. The Morgan fingerprint density at radius 3 is 2.78 bits per heavy atom. The number of carbonyl (C=O) groups is 1. The number of hydrogen-bond acceptors (Lipinski definition) is 4. The van der Waals surface area contributed by atoms with Crippen molar-refractivity contribution in [3.8, 4) is 0 Å². The molecule has 1 amide bonds. The van der Waals surface area contributed by atoms with Crippen LogP contribution < -0.4 is 10.6 Å². The summed E-state index contributed by atoms with van der Waals surface area (Å²) in [6, 6.07) is 0. The number of carbonyl (C=O) groups excluding carboxylic acids is 1. The average molecular weight is 258 g/mol. The van der Waals surface area contributed by atoms with Crippen LogP contribution in [0.15, 0.2) is 0 Å². The van der Waals surface area contributed by atoms with E-state index in [1.54, 1.807) is 14.0 Å². The largest absolute Gasteiger partial charge is 0.388 e. The number of ether oxygens (including phenoxy) is 1. The molecule has 18 heavy (non-hydrogen) atoms. The second-order valence-electron chi connectivity index (χ2n) is 5.41. The Bertz CT molecular complexity index is 251. The van der Waals surface area contributed by atoms with Crippen LogP contribution in [0.5, 0.6) is 0 Å². The van der Waals surface area contributed by atoms with Gasteiger partial charge in [0.25, 0.3) is 0 Å². The van der Waals surface area contributed by atoms with Crippen LogP contribution >= 0.6 is 0 Å². The molecule has 1 atom stereocenters. The molecule has 0 aromatic carbocycles. The van der Waals surface area contributed by atoms with Crippen molar-refractivity contribution in [2.75, 3.05) is 33.4 Å². The summed E-state index contributed by atoms with van der Waals surface area (Å²) in [6.45, 7) is 4.52. The van der Waals surface area contributed by atoms with E-state index in [-0.39, 0.29) is 5.91 Å². The summed E-state index contributed by atoms with van der Waals surface area (Å²) in [6.07, 6.45) is 3.22. The third-order valence-corrected chi connectivity index (χ3v) is 3.44. The van der Waals surface area contributed by atoms with Crippen LogP contribution in [-0.4, -0.2) is 50.0 Å². The van der Waals surface area contributed by atoms with Crippen molar-refractivity contribution < 1.29 is 14.6 Å². The van der Waals surface area contributed by atoms with Gasteiger partial charge in [0.2, 0.25) is 5.91 Å². The summed E-state index contributed by atoms with van der Waals surface area (Å²) >= 11 is 0. The van der Waals surface area contributed by atoms with Gasteiger partial charge in [-0.25, -0.2) is 0 Å². The fourth-order valence-electron chi connectivity index (χ4n) is 2.12. The molecule has 0 bridgehead atoms. The van der Waals surface area contributed by atoms with Gasteiger partial charge in [0.15, 0.2) is 0 Å². The summed E-state index contributed by atoms with van der Waals surface area (Å²) in [4.78, 5) is 11.8. The minimum Gasteiger partial charge on any atom is -0.388 e. The Morgan fingerprint density at radius 1 is 1.50 bits per heavy atom. The Hall–Kier alpha value is -0.650. The summed E-state index contributed by atoms with van der Waals surface area (Å²) in [5.41, 5.74) is -0.889. The highest BCUT2D eigenvalue weighted by molar-refractivity contribution is 5.76. The van der Waals surface area contributed by atoms with Gasteiger partial charge in [-0.3, -0.25) is 4.79 Å². The molecule has 1 aliphatic rings. The quantitative estimate of drug-likeness (QED) is 0.613. The molecule has 0 spiro atoms. The second kappa shape index (κ2) is 7.71. The van der Waals surface area contributed by atoms with Crippen LogP contribution in [0.4, 0.5) is 0 Å². The second-order valence-corrected chi connectivity index (χ2v) is 5.41. The van der Waals surface area contributed by atoms with Crippen LogP contribution in [0.3, 0.4) is 0 Å². The number of nitrogens with one attached hydrogen (secondary N) is 2. The molecule has 1 rings (SSSR count). The van der Waals surface area contributed by atoms with Crippen LogP contribution in [-0.2, 0) is 9.53 Å². The molecule has 1 unspecified atom stereocenters. The third-order valence-electron chi connectivity index (χ3n) is 3.44. The van der Waals surface area contributed by atoms with E-state index >= 15 is 0 Å². The Morgan fingerprint density at radius 2 is 2.17 bits per heavy atom. The monoisotopic (exact) mass is 258 g/mol. The number of rotatable bonds is 7. The molecule has 0 aromatic rings. The van der Waals surface area contributed by atoms with Crippen molar-refractivity contribution in [1.29, 1.82) is 0 Å². The normalized spacial score (nSPS) is 20.4. The summed E-state index contributed by atoms with van der Waals surface area (Å²) in [5.74, 6) is 0.523. The predicted octanol–water partition coefficient (Wildman–Crippen LogP) is 0.280. The van der Waals surface area contributed by atoms with E-state index in [9.17, 15) is 9.90 Å². The van der Waals surface area contributed by atoms with Gasteiger partial charge in [0, 0.05) is 33.1 Å². The maximum absolute atomic E-state index is 11.8. The van der Waals surface area contributed by atoms with E-state index in [2.05, 4.69) is 10.6 Å². The number of aliphatic hydroxyl groups is 1. The lowest BCUT2D eigenvalue weighted by molar-refractivity contribution is -0.123. The molecule has 3 N–H and O–H groups in total.